The molecule has 0 aliphatic carbocycles. The van der Waals surface area contributed by atoms with E-state index in [1.54, 1.807) is 21.6 Å². The highest BCUT2D eigenvalue weighted by Gasteiger charge is 2.33. The number of sulfonamides is 1. The van der Waals surface area contributed by atoms with Gasteiger partial charge in [0.1, 0.15) is 49.6 Å². The van der Waals surface area contributed by atoms with Gasteiger partial charge >= 0.3 is 12.1 Å². The van der Waals surface area contributed by atoms with Crippen LogP contribution < -0.4 is 34.2 Å². The minimum absolute atomic E-state index is 0.0371. The van der Waals surface area contributed by atoms with Gasteiger partial charge in [0.05, 0.1) is 70.8 Å². The number of carbonyl (C=O) groups is 4. The molecule has 1 aliphatic rings. The first-order valence-electron chi connectivity index (χ1n) is 21.8. The number of hydrogen-bond donors (Lipinski definition) is 4. The smallest absolute Gasteiger partial charge is 0.416 e. The number of carbonyl (C=O) groups excluding carboxylic acids is 3. The Morgan fingerprint density at radius 3 is 2.05 bits per heavy atom. The molecule has 2 unspecified atom stereocenters. The first-order valence-corrected chi connectivity index (χ1v) is 29.7. The lowest BCUT2D eigenvalue weighted by Crippen LogP contribution is -2.47. The van der Waals surface area contributed by atoms with Crippen LogP contribution in [0.15, 0.2) is 78.9 Å². The molecule has 3 amide bonds. The Labute approximate surface area is 460 Å². The number of anilines is 2. The van der Waals surface area contributed by atoms with Gasteiger partial charge in [-0.25, -0.2) is 13.1 Å². The van der Waals surface area contributed by atoms with E-state index in [4.69, 9.17) is 70.6 Å². The number of benzene rings is 4. The minimum Gasteiger partial charge on any atom is -0.778 e. The zero-order valence-electron chi connectivity index (χ0n) is 42.1. The maximum Gasteiger partial charge on any atom is 0.416 e. The number of rotatable bonds is 16. The van der Waals surface area contributed by atoms with Crippen molar-refractivity contribution in [3.63, 3.8) is 0 Å². The van der Waals surface area contributed by atoms with E-state index in [1.807, 2.05) is 54.7 Å². The molecule has 422 valence electrons. The highest BCUT2D eigenvalue weighted by molar-refractivity contribution is 7.94. The normalized spacial score (nSPS) is 13.5. The van der Waals surface area contributed by atoms with Gasteiger partial charge in [-0.2, -0.15) is 13.2 Å². The van der Waals surface area contributed by atoms with Gasteiger partial charge in [-0.15, -0.1) is 11.6 Å². The van der Waals surface area contributed by atoms with Crippen molar-refractivity contribution in [2.24, 2.45) is 0 Å². The summed E-state index contributed by atoms with van der Waals surface area (Å²) in [6.45, 7) is 6.25. The van der Waals surface area contributed by atoms with Gasteiger partial charge in [-0.05, 0) is 78.2 Å². The second-order valence-corrected chi connectivity index (χ2v) is 23.4. The molecule has 0 saturated heterocycles. The maximum absolute atomic E-state index is 12.7. The fourth-order valence-corrected chi connectivity index (χ4v) is 7.51. The Kier molecular flexibility index (Phi) is 29.8. The number of methoxy groups -OCH3 is 1. The highest BCUT2D eigenvalue weighted by Crippen LogP contribution is 2.38. The molecule has 1 heterocycles. The molecule has 0 fully saturated rings. The third kappa shape index (κ3) is 24.6. The zero-order valence-corrected chi connectivity index (χ0v) is 47.6. The molecule has 76 heavy (non-hydrogen) atoms. The number of carboxylic acid groups (broad SMARTS) is 1. The quantitative estimate of drug-likeness (QED) is 0.0206. The molecule has 30 heteroatoms. The van der Waals surface area contributed by atoms with Crippen LogP contribution in [0.5, 0.6) is 17.2 Å². The number of para-hydroxylation sites is 3. The molecule has 1 aliphatic heterocycles. The van der Waals surface area contributed by atoms with E-state index in [-0.39, 0.29) is 42.0 Å². The average Bonchev–Trinajstić information content (AvgIpc) is 3.32. The fraction of sp³-hybridized carbons (Fsp3) is 0.391. The van der Waals surface area contributed by atoms with Gasteiger partial charge in [-0.3, -0.25) is 39.5 Å². The number of hydrogen-bond acceptors (Lipinski definition) is 14. The van der Waals surface area contributed by atoms with Crippen molar-refractivity contribution in [2.75, 3.05) is 74.0 Å². The molecule has 5 rings (SSSR count). The second kappa shape index (κ2) is 32.7. The van der Waals surface area contributed by atoms with Crippen molar-refractivity contribution in [3.05, 3.63) is 116 Å². The van der Waals surface area contributed by atoms with Crippen LogP contribution in [0.3, 0.4) is 0 Å². The minimum atomic E-state index is -4.62. The summed E-state index contributed by atoms with van der Waals surface area (Å²) in [6.07, 6.45) is 3.68. The zero-order chi connectivity index (χ0) is 58.3. The van der Waals surface area contributed by atoms with Crippen LogP contribution >= 0.6 is 54.0 Å². The number of nitrogens with one attached hydrogen (secondary N) is 2. The Morgan fingerprint density at radius 2 is 1.59 bits per heavy atom. The van der Waals surface area contributed by atoms with Gasteiger partial charge < -0.3 is 38.6 Å². The predicted molar refractivity (Wildman–Crippen MR) is 287 cm³/mol. The summed E-state index contributed by atoms with van der Waals surface area (Å²) in [4.78, 5) is 75.9. The van der Waals surface area contributed by atoms with Crippen molar-refractivity contribution in [1.82, 2.24) is 10.0 Å². The van der Waals surface area contributed by atoms with Crippen molar-refractivity contribution < 1.29 is 79.4 Å². The van der Waals surface area contributed by atoms with E-state index in [9.17, 15) is 60.3 Å². The van der Waals surface area contributed by atoms with Gasteiger partial charge in [-0.1, -0.05) is 79.0 Å². The molecule has 4 aromatic carbocycles. The lowest BCUT2D eigenvalue weighted by atomic mass is 10.0. The molecular formula is C46H57Cl4F3N5O15PS2. The van der Waals surface area contributed by atoms with Crippen LogP contribution in [0.25, 0.3) is 0 Å². The van der Waals surface area contributed by atoms with Crippen LogP contribution in [-0.4, -0.2) is 122 Å². The van der Waals surface area contributed by atoms with Crippen LogP contribution in [0.2, 0.25) is 5.02 Å². The number of alkyl halides is 6. The van der Waals surface area contributed by atoms with Crippen LogP contribution in [0.1, 0.15) is 47.8 Å². The number of nitrogens with zero attached hydrogens (tertiary/aromatic N) is 3. The third-order valence-electron chi connectivity index (χ3n) is 9.14. The summed E-state index contributed by atoms with van der Waals surface area (Å²) in [7, 11) is -6.13. The van der Waals surface area contributed by atoms with Crippen LogP contribution in [0, 0.1) is 10.1 Å². The number of halogens is 7. The molecule has 20 nitrogen and oxygen atoms in total. The number of carboxylic acids is 1. The first-order chi connectivity index (χ1) is 35.2. The molecule has 0 saturated carbocycles. The number of aliphatic carboxylic acids is 1. The molecule has 4 aromatic rings. The molecule has 2 atom stereocenters. The van der Waals surface area contributed by atoms with Gasteiger partial charge in [0.15, 0.2) is 4.84 Å². The number of nitro benzene ring substituents is 1. The monoisotopic (exact) mass is 1210 g/mol. The maximum atomic E-state index is 12.7. The summed E-state index contributed by atoms with van der Waals surface area (Å²) >= 11 is 22.7. The Balaban J connectivity index is 0.000000523. The molecule has 0 radical (unpaired) electrons. The lowest BCUT2D eigenvalue weighted by Gasteiger charge is -2.35. The molecule has 4 N–H and O–H groups in total. The van der Waals surface area contributed by atoms with E-state index < -0.39 is 80.1 Å². The summed E-state index contributed by atoms with van der Waals surface area (Å²) in [5.41, 5.74) is 1.62. The topological polar surface area (TPSA) is 284 Å². The lowest BCUT2D eigenvalue weighted by molar-refractivity contribution is -0.385. The van der Waals surface area contributed by atoms with Gasteiger partial charge in [0, 0.05) is 19.2 Å². The standard InChI is InChI=1S/C15H10ClF3N2O6S.C14H20ClNO2.C11H11Cl2NO2.C3H8NO5P.C3H9S/c1-28(25,26)20-14(22)10-7-9(3-4-12(10)21(23)24)27-13-5-2-8(6-11(13)16)15(17,18)19;1-4-11-7-6-8-12(5-2)14(11)16(10-18-3)13(17)9-15;1-7-6-16-9-5-3-2-4-8(9)14(7)11(15)10(12)13;5-3(6)1-4-2-10(7,8)9;1-4(2)3/h2-7H,1H3,(H,20,22);6-8H,4-5,9-10H2,1-3H3;2-5,7,10H,6H2,1H3;4H,1-2H2,(H,5,6)(H2,7,8,9);1-3H3/q;;;;+1/p-1. The predicted octanol–water partition coefficient (Wildman–Crippen LogP) is 8.00. The third-order valence-corrected chi connectivity index (χ3v) is 11.2. The van der Waals surface area contributed by atoms with E-state index in [0.29, 0.717) is 41.6 Å². The van der Waals surface area contributed by atoms with Crippen molar-refractivity contribution in [1.29, 1.82) is 0 Å². The fourth-order valence-electron chi connectivity index (χ4n) is 6.10. The van der Waals surface area contributed by atoms with Gasteiger partial charge in [0.25, 0.3) is 17.5 Å². The van der Waals surface area contributed by atoms with Crippen molar-refractivity contribution in [3.8, 4) is 17.2 Å². The van der Waals surface area contributed by atoms with E-state index in [0.717, 1.165) is 59.6 Å². The Hall–Kier alpha value is -4.92. The number of fused-ring (bicyclic) bond motifs is 1. The molecular weight excluding hydrogens is 1160 g/mol. The SMILES string of the molecule is CC1COc2ccccc2N1C(=O)C(Cl)Cl.CCc1cccc(CC)c1N(COC)C(=O)CCl.CS(=O)(=O)NC(=O)c1cc(Oc2ccc(C(F)(F)F)cc2Cl)ccc1[N+](=O)[O-].C[S+](C)C.O=C(O)CNCP(=O)([O-])O. The Morgan fingerprint density at radius 1 is 1.01 bits per heavy atom. The largest absolute Gasteiger partial charge is 0.778 e. The number of amides is 3. The summed E-state index contributed by atoms with van der Waals surface area (Å²) in [6, 6.07) is 18.5. The van der Waals surface area contributed by atoms with E-state index in [1.165, 1.54) is 0 Å². The van der Waals surface area contributed by atoms with Gasteiger partial charge in [0.2, 0.25) is 15.9 Å². The number of ether oxygens (including phenoxy) is 3. The molecule has 0 aromatic heterocycles. The second-order valence-electron chi connectivity index (χ2n) is 15.9. The first kappa shape index (κ1) is 69.1. The van der Waals surface area contributed by atoms with Crippen molar-refractivity contribution in [2.45, 2.75) is 50.7 Å². The molecule has 0 spiro atoms. The van der Waals surface area contributed by atoms with Crippen LogP contribution in [-0.2, 0) is 63.6 Å². The summed E-state index contributed by atoms with van der Waals surface area (Å²) in [5.74, 6) is -2.65. The van der Waals surface area contributed by atoms with E-state index in [2.05, 4.69) is 32.6 Å². The number of aryl methyl sites for hydroxylation is 2. The number of nitro groups is 1. The average molecular weight is 1210 g/mol. The molecule has 0 bridgehead atoms. The Bertz CT molecular complexity index is 2740. The van der Waals surface area contributed by atoms with E-state index >= 15 is 0 Å². The van der Waals surface area contributed by atoms with Crippen molar-refractivity contribution >= 4 is 116 Å². The highest BCUT2D eigenvalue weighted by atomic mass is 35.5. The van der Waals surface area contributed by atoms with Crippen LogP contribution in [0.4, 0.5) is 30.2 Å². The summed E-state index contributed by atoms with van der Waals surface area (Å²) in [5, 5.41) is 20.6. The summed E-state index contributed by atoms with van der Waals surface area (Å²) < 4.78 is 87.8.